The molecule has 1 aliphatic carbocycles. The van der Waals surface area contributed by atoms with Gasteiger partial charge in [0.05, 0.1) is 16.7 Å². The fourth-order valence-electron chi connectivity index (χ4n) is 2.98. The minimum absolute atomic E-state index is 0.00701. The fourth-order valence-corrected chi connectivity index (χ4v) is 3.21. The van der Waals surface area contributed by atoms with Gasteiger partial charge in [-0.3, -0.25) is 9.59 Å². The second-order valence-corrected chi connectivity index (χ2v) is 6.80. The normalized spacial score (nSPS) is 13.7. The van der Waals surface area contributed by atoms with Gasteiger partial charge in [0, 0.05) is 24.1 Å². The van der Waals surface area contributed by atoms with Crippen LogP contribution >= 0.6 is 11.6 Å². The number of hydrogen-bond donors (Lipinski definition) is 1. The standard InChI is InChI=1S/C19H20ClNO4/c1-10(2)24-15-8-7-12(9-13(15)20)21-19(23)18-11(3)17-14(22)5-4-6-16(17)25-18/h7-10H,4-6H2,1-3H3,(H,21,23). The highest BCUT2D eigenvalue weighted by Gasteiger charge is 2.28. The van der Waals surface area contributed by atoms with Crippen molar-refractivity contribution in [2.24, 2.45) is 0 Å². The van der Waals surface area contributed by atoms with Gasteiger partial charge in [0.25, 0.3) is 5.91 Å². The van der Waals surface area contributed by atoms with Crippen LogP contribution in [0.1, 0.15) is 58.9 Å². The van der Waals surface area contributed by atoms with Crippen molar-refractivity contribution in [1.82, 2.24) is 0 Å². The first-order valence-electron chi connectivity index (χ1n) is 8.30. The Hall–Kier alpha value is -2.27. The number of ether oxygens (including phenoxy) is 1. The van der Waals surface area contributed by atoms with E-state index in [9.17, 15) is 9.59 Å². The van der Waals surface area contributed by atoms with Crippen LogP contribution in [0.25, 0.3) is 0 Å². The average Bonchev–Trinajstić information content (AvgIpc) is 2.88. The molecule has 0 radical (unpaired) electrons. The number of carbonyl (C=O) groups excluding carboxylic acids is 2. The number of hydrogen-bond acceptors (Lipinski definition) is 4. The largest absolute Gasteiger partial charge is 0.489 e. The number of rotatable bonds is 4. The molecule has 1 aromatic heterocycles. The highest BCUT2D eigenvalue weighted by molar-refractivity contribution is 6.32. The monoisotopic (exact) mass is 361 g/mol. The summed E-state index contributed by atoms with van der Waals surface area (Å²) in [6.07, 6.45) is 1.95. The van der Waals surface area contributed by atoms with Crippen molar-refractivity contribution in [3.8, 4) is 5.75 Å². The third-order valence-electron chi connectivity index (χ3n) is 4.06. The summed E-state index contributed by atoms with van der Waals surface area (Å²) < 4.78 is 11.2. The Bertz CT molecular complexity index is 838. The number of furan rings is 1. The smallest absolute Gasteiger partial charge is 0.291 e. The Labute approximate surface area is 151 Å². The number of amides is 1. The van der Waals surface area contributed by atoms with Crippen LogP contribution in [-0.4, -0.2) is 17.8 Å². The number of anilines is 1. The van der Waals surface area contributed by atoms with E-state index in [2.05, 4.69) is 5.32 Å². The lowest BCUT2D eigenvalue weighted by atomic mass is 9.94. The molecule has 0 bridgehead atoms. The van der Waals surface area contributed by atoms with E-state index in [-0.39, 0.29) is 17.6 Å². The van der Waals surface area contributed by atoms with E-state index in [1.165, 1.54) is 0 Å². The van der Waals surface area contributed by atoms with E-state index in [4.69, 9.17) is 20.8 Å². The van der Waals surface area contributed by atoms with E-state index >= 15 is 0 Å². The van der Waals surface area contributed by atoms with Crippen molar-refractivity contribution < 1.29 is 18.7 Å². The number of aryl methyl sites for hydroxylation is 1. The number of halogens is 1. The summed E-state index contributed by atoms with van der Waals surface area (Å²) in [5.74, 6) is 0.995. The molecule has 2 aromatic rings. The molecule has 0 fully saturated rings. The van der Waals surface area contributed by atoms with Crippen LogP contribution in [0.5, 0.6) is 5.75 Å². The van der Waals surface area contributed by atoms with Crippen LogP contribution in [0.15, 0.2) is 22.6 Å². The van der Waals surface area contributed by atoms with Crippen LogP contribution in [0.3, 0.4) is 0 Å². The highest BCUT2D eigenvalue weighted by atomic mass is 35.5. The Morgan fingerprint density at radius 3 is 2.72 bits per heavy atom. The molecule has 1 heterocycles. The van der Waals surface area contributed by atoms with Crippen molar-refractivity contribution in [2.45, 2.75) is 46.1 Å². The molecule has 0 unspecified atom stereocenters. The van der Waals surface area contributed by atoms with Crippen molar-refractivity contribution in [3.05, 3.63) is 45.9 Å². The van der Waals surface area contributed by atoms with Gasteiger partial charge in [-0.05, 0) is 45.4 Å². The average molecular weight is 362 g/mol. The molecule has 6 heteroatoms. The van der Waals surface area contributed by atoms with Gasteiger partial charge < -0.3 is 14.5 Å². The van der Waals surface area contributed by atoms with E-state index in [1.54, 1.807) is 25.1 Å². The summed E-state index contributed by atoms with van der Waals surface area (Å²) in [5, 5.41) is 3.17. The highest BCUT2D eigenvalue weighted by Crippen LogP contribution is 2.31. The van der Waals surface area contributed by atoms with Gasteiger partial charge in [-0.1, -0.05) is 11.6 Å². The predicted octanol–water partition coefficient (Wildman–Crippen LogP) is 4.80. The molecule has 25 heavy (non-hydrogen) atoms. The first kappa shape index (κ1) is 17.5. The molecule has 0 spiro atoms. The summed E-state index contributed by atoms with van der Waals surface area (Å²) in [6, 6.07) is 5.05. The second kappa shape index (κ2) is 6.92. The maximum atomic E-state index is 12.5. The van der Waals surface area contributed by atoms with Gasteiger partial charge in [0.1, 0.15) is 11.5 Å². The Kier molecular flexibility index (Phi) is 4.86. The molecule has 1 aromatic carbocycles. The summed E-state index contributed by atoms with van der Waals surface area (Å²) in [7, 11) is 0. The zero-order valence-electron chi connectivity index (χ0n) is 14.4. The Balaban J connectivity index is 1.81. The second-order valence-electron chi connectivity index (χ2n) is 6.40. The van der Waals surface area contributed by atoms with E-state index in [0.717, 1.165) is 6.42 Å². The van der Waals surface area contributed by atoms with E-state index < -0.39 is 5.91 Å². The number of ketones is 1. The Morgan fingerprint density at radius 1 is 1.32 bits per heavy atom. The molecule has 0 aliphatic heterocycles. The van der Waals surface area contributed by atoms with Crippen LogP contribution in [0.2, 0.25) is 5.02 Å². The lowest BCUT2D eigenvalue weighted by Crippen LogP contribution is -2.13. The SMILES string of the molecule is Cc1c(C(=O)Nc2ccc(OC(C)C)c(Cl)c2)oc2c1C(=O)CCC2. The zero-order valence-corrected chi connectivity index (χ0v) is 15.2. The van der Waals surface area contributed by atoms with Gasteiger partial charge in [-0.2, -0.15) is 0 Å². The maximum absolute atomic E-state index is 12.5. The van der Waals surface area contributed by atoms with Crippen molar-refractivity contribution in [2.75, 3.05) is 5.32 Å². The third kappa shape index (κ3) is 3.56. The number of benzene rings is 1. The van der Waals surface area contributed by atoms with Crippen LogP contribution in [0.4, 0.5) is 5.69 Å². The van der Waals surface area contributed by atoms with E-state index in [1.807, 2.05) is 13.8 Å². The lowest BCUT2D eigenvalue weighted by molar-refractivity contribution is 0.0963. The molecule has 1 aliphatic rings. The predicted molar refractivity (Wildman–Crippen MR) is 95.9 cm³/mol. The van der Waals surface area contributed by atoms with Crippen molar-refractivity contribution in [1.29, 1.82) is 0 Å². The van der Waals surface area contributed by atoms with Crippen LogP contribution in [-0.2, 0) is 6.42 Å². The molecule has 3 rings (SSSR count). The van der Waals surface area contributed by atoms with Gasteiger partial charge in [-0.15, -0.1) is 0 Å². The molecule has 1 amide bonds. The lowest BCUT2D eigenvalue weighted by Gasteiger charge is -2.12. The van der Waals surface area contributed by atoms with Crippen molar-refractivity contribution in [3.63, 3.8) is 0 Å². The molecule has 0 saturated heterocycles. The van der Waals surface area contributed by atoms with Gasteiger partial charge in [0.15, 0.2) is 11.5 Å². The quantitative estimate of drug-likeness (QED) is 0.849. The number of fused-ring (bicyclic) bond motifs is 1. The molecular weight excluding hydrogens is 342 g/mol. The summed E-state index contributed by atoms with van der Waals surface area (Å²) in [6.45, 7) is 5.57. The van der Waals surface area contributed by atoms with Crippen LogP contribution < -0.4 is 10.1 Å². The van der Waals surface area contributed by atoms with Gasteiger partial charge in [0.2, 0.25) is 0 Å². The zero-order chi connectivity index (χ0) is 18.1. The third-order valence-corrected chi connectivity index (χ3v) is 4.36. The molecule has 132 valence electrons. The molecule has 0 atom stereocenters. The Morgan fingerprint density at radius 2 is 2.08 bits per heavy atom. The maximum Gasteiger partial charge on any atom is 0.291 e. The summed E-state index contributed by atoms with van der Waals surface area (Å²) in [5.41, 5.74) is 1.70. The topological polar surface area (TPSA) is 68.5 Å². The summed E-state index contributed by atoms with van der Waals surface area (Å²) >= 11 is 6.19. The number of nitrogens with one attached hydrogen (secondary N) is 1. The number of Topliss-reactive ketones (excluding diaryl/α,β-unsaturated/α-hetero) is 1. The molecule has 1 N–H and O–H groups in total. The number of carbonyl (C=O) groups is 2. The van der Waals surface area contributed by atoms with E-state index in [0.29, 0.717) is 46.2 Å². The van der Waals surface area contributed by atoms with Gasteiger partial charge in [-0.25, -0.2) is 0 Å². The van der Waals surface area contributed by atoms with Gasteiger partial charge >= 0.3 is 0 Å². The fraction of sp³-hybridized carbons (Fsp3) is 0.368. The van der Waals surface area contributed by atoms with Crippen molar-refractivity contribution >= 4 is 29.0 Å². The summed E-state index contributed by atoms with van der Waals surface area (Å²) in [4.78, 5) is 24.6. The molecular formula is C19H20ClNO4. The first-order valence-corrected chi connectivity index (χ1v) is 8.67. The molecule has 0 saturated carbocycles. The van der Waals surface area contributed by atoms with Crippen LogP contribution in [0, 0.1) is 6.92 Å². The first-order chi connectivity index (χ1) is 11.9. The minimum Gasteiger partial charge on any atom is -0.489 e. The minimum atomic E-state index is -0.395. The molecule has 5 nitrogen and oxygen atoms in total.